The molecule has 0 N–H and O–H groups in total. The Morgan fingerprint density at radius 3 is 2.30 bits per heavy atom. The van der Waals surface area contributed by atoms with Crippen molar-refractivity contribution < 1.29 is 32.2 Å². The van der Waals surface area contributed by atoms with Crippen LogP contribution in [0, 0.1) is 0 Å². The summed E-state index contributed by atoms with van der Waals surface area (Å²) < 4.78 is 54.5. The van der Waals surface area contributed by atoms with Gasteiger partial charge in [0.05, 0.1) is 19.9 Å². The predicted molar refractivity (Wildman–Crippen MR) is 92.6 cm³/mol. The molecule has 0 radical (unpaired) electrons. The predicted octanol–water partition coefficient (Wildman–Crippen LogP) is 3.86. The van der Waals surface area contributed by atoms with Crippen LogP contribution in [-0.2, 0) is 16.0 Å². The summed E-state index contributed by atoms with van der Waals surface area (Å²) in [5, 5.41) is 0. The van der Waals surface area contributed by atoms with Gasteiger partial charge in [0, 0.05) is 12.1 Å². The number of alkyl halides is 3. The first kappa shape index (κ1) is 19.5. The zero-order valence-electron chi connectivity index (χ0n) is 15.3. The molecule has 5 nitrogen and oxygen atoms in total. The highest BCUT2D eigenvalue weighted by molar-refractivity contribution is 6.09. The molecule has 0 bridgehead atoms. The van der Waals surface area contributed by atoms with Crippen LogP contribution in [0.3, 0.4) is 0 Å². The molecule has 148 valence electrons. The quantitative estimate of drug-likeness (QED) is 0.739. The summed E-state index contributed by atoms with van der Waals surface area (Å²) >= 11 is 0. The molecule has 1 heterocycles. The number of nitrogens with zero attached hydrogens (tertiary/aromatic N) is 1. The molecule has 1 aromatic carbocycles. The topological polar surface area (TPSA) is 57.1 Å². The molecule has 8 heteroatoms. The van der Waals surface area contributed by atoms with Crippen LogP contribution in [-0.4, -0.2) is 44.2 Å². The first-order valence-electron chi connectivity index (χ1n) is 8.91. The van der Waals surface area contributed by atoms with E-state index >= 15 is 0 Å². The molecule has 0 atom stereocenters. The molecule has 0 saturated heterocycles. The maximum atomic E-state index is 12.9. The number of benzene rings is 1. The van der Waals surface area contributed by atoms with Gasteiger partial charge in [0.15, 0.2) is 17.1 Å². The monoisotopic (exact) mass is 385 g/mol. The maximum absolute atomic E-state index is 12.9. The van der Waals surface area contributed by atoms with Gasteiger partial charge in [-0.3, -0.25) is 4.99 Å². The van der Waals surface area contributed by atoms with Crippen molar-refractivity contribution in [1.82, 2.24) is 0 Å². The van der Waals surface area contributed by atoms with E-state index in [4.69, 9.17) is 14.2 Å². The lowest BCUT2D eigenvalue weighted by Gasteiger charge is -2.39. The normalized spacial score (nSPS) is 18.9. The Bertz CT molecular complexity index is 752. The van der Waals surface area contributed by atoms with Crippen LogP contribution in [0.25, 0.3) is 0 Å². The van der Waals surface area contributed by atoms with Gasteiger partial charge in [0.1, 0.15) is 0 Å². The molecule has 1 aromatic rings. The van der Waals surface area contributed by atoms with Crippen LogP contribution in [0.2, 0.25) is 0 Å². The van der Waals surface area contributed by atoms with E-state index in [0.29, 0.717) is 61.4 Å². The van der Waals surface area contributed by atoms with Crippen LogP contribution in [0.5, 0.6) is 11.5 Å². The number of ether oxygens (including phenoxy) is 3. The lowest BCUT2D eigenvalue weighted by atomic mass is 9.76. The largest absolute Gasteiger partial charge is 0.493 e. The average molecular weight is 385 g/mol. The van der Waals surface area contributed by atoms with Crippen LogP contribution in [0.4, 0.5) is 13.2 Å². The van der Waals surface area contributed by atoms with Crippen molar-refractivity contribution >= 4 is 11.7 Å². The van der Waals surface area contributed by atoms with E-state index in [1.807, 2.05) is 6.07 Å². The Balaban J connectivity index is 2.06. The summed E-state index contributed by atoms with van der Waals surface area (Å²) in [5.41, 5.74) is 0.600. The molecule has 1 aliphatic carbocycles. The standard InChI is InChI=1S/C19H22F3NO4/c1-25-14-10-12-6-9-23-16(13(12)11-15(14)26-2)18(7-4-3-5-8-18)27-17(24)19(20,21)22/h10-11H,3-9H2,1-2H3. The molecule has 0 unspecified atom stereocenters. The maximum Gasteiger partial charge on any atom is 0.490 e. The van der Waals surface area contributed by atoms with Crippen LogP contribution in [0.1, 0.15) is 43.2 Å². The Morgan fingerprint density at radius 2 is 1.70 bits per heavy atom. The molecule has 3 rings (SSSR count). The van der Waals surface area contributed by atoms with Crippen molar-refractivity contribution in [2.24, 2.45) is 4.99 Å². The first-order chi connectivity index (χ1) is 12.8. The van der Waals surface area contributed by atoms with E-state index < -0.39 is 17.7 Å². The van der Waals surface area contributed by atoms with E-state index in [-0.39, 0.29) is 0 Å². The molecule has 27 heavy (non-hydrogen) atoms. The molecule has 0 aromatic heterocycles. The second-order valence-electron chi connectivity index (χ2n) is 6.79. The van der Waals surface area contributed by atoms with Gasteiger partial charge in [-0.1, -0.05) is 6.42 Å². The fourth-order valence-corrected chi connectivity index (χ4v) is 3.86. The van der Waals surface area contributed by atoms with Gasteiger partial charge in [-0.05, 0) is 49.8 Å². The van der Waals surface area contributed by atoms with Gasteiger partial charge >= 0.3 is 12.1 Å². The lowest BCUT2D eigenvalue weighted by Crippen LogP contribution is -2.49. The van der Waals surface area contributed by atoms with Crippen molar-refractivity contribution in [1.29, 1.82) is 0 Å². The summed E-state index contributed by atoms with van der Waals surface area (Å²) in [4.78, 5) is 16.2. The third kappa shape index (κ3) is 3.75. The lowest BCUT2D eigenvalue weighted by molar-refractivity contribution is -0.210. The number of esters is 1. The zero-order valence-corrected chi connectivity index (χ0v) is 15.3. The minimum atomic E-state index is -5.04. The van der Waals surface area contributed by atoms with E-state index in [9.17, 15) is 18.0 Å². The van der Waals surface area contributed by atoms with E-state index in [0.717, 1.165) is 12.0 Å². The fraction of sp³-hybridized carbons (Fsp3) is 0.579. The molecule has 0 spiro atoms. The number of fused-ring (bicyclic) bond motifs is 1. The highest BCUT2D eigenvalue weighted by atomic mass is 19.4. The third-order valence-electron chi connectivity index (χ3n) is 5.13. The number of rotatable bonds is 4. The van der Waals surface area contributed by atoms with Gasteiger partial charge in [-0.15, -0.1) is 0 Å². The van der Waals surface area contributed by atoms with Crippen LogP contribution >= 0.6 is 0 Å². The number of hydrogen-bond acceptors (Lipinski definition) is 5. The Morgan fingerprint density at radius 1 is 1.07 bits per heavy atom. The summed E-state index contributed by atoms with van der Waals surface area (Å²) in [6.07, 6.45) is -1.54. The van der Waals surface area contributed by atoms with E-state index in [1.54, 1.807) is 6.07 Å². The minimum absolute atomic E-state index is 0.321. The Hall–Kier alpha value is -2.25. The van der Waals surface area contributed by atoms with Gasteiger partial charge in [0.2, 0.25) is 0 Å². The third-order valence-corrected chi connectivity index (χ3v) is 5.13. The summed E-state index contributed by atoms with van der Waals surface area (Å²) in [5.74, 6) is -1.17. The van der Waals surface area contributed by atoms with Crippen LogP contribution < -0.4 is 9.47 Å². The van der Waals surface area contributed by atoms with E-state index in [1.165, 1.54) is 14.2 Å². The SMILES string of the molecule is COc1cc2c(cc1OC)C(C1(OC(=O)C(F)(F)F)CCCCC1)=NCC2. The highest BCUT2D eigenvalue weighted by Crippen LogP contribution is 2.41. The number of aliphatic imine (C=N–C) groups is 1. The smallest absolute Gasteiger partial charge is 0.490 e. The van der Waals surface area contributed by atoms with Crippen molar-refractivity contribution in [2.75, 3.05) is 20.8 Å². The summed E-state index contributed by atoms with van der Waals surface area (Å²) in [6.45, 7) is 0.420. The van der Waals surface area contributed by atoms with Crippen LogP contribution in [0.15, 0.2) is 17.1 Å². The molecular formula is C19H22F3NO4. The zero-order chi connectivity index (χ0) is 19.7. The fourth-order valence-electron chi connectivity index (χ4n) is 3.86. The van der Waals surface area contributed by atoms with Gasteiger partial charge in [0.25, 0.3) is 0 Å². The number of carbonyl (C=O) groups excluding carboxylic acids is 1. The number of methoxy groups -OCH3 is 2. The van der Waals surface area contributed by atoms with Gasteiger partial charge in [-0.25, -0.2) is 4.79 Å². The highest BCUT2D eigenvalue weighted by Gasteiger charge is 2.50. The molecular weight excluding hydrogens is 363 g/mol. The van der Waals surface area contributed by atoms with Gasteiger partial charge in [-0.2, -0.15) is 13.2 Å². The molecule has 2 aliphatic rings. The minimum Gasteiger partial charge on any atom is -0.493 e. The summed E-state index contributed by atoms with van der Waals surface area (Å²) in [7, 11) is 3.01. The Kier molecular flexibility index (Phi) is 5.35. The number of carbonyl (C=O) groups is 1. The van der Waals surface area contributed by atoms with Crippen molar-refractivity contribution in [3.63, 3.8) is 0 Å². The Labute approximate surface area is 155 Å². The molecule has 1 fully saturated rings. The molecule has 0 amide bonds. The summed E-state index contributed by atoms with van der Waals surface area (Å²) in [6, 6.07) is 3.52. The second-order valence-corrected chi connectivity index (χ2v) is 6.79. The molecule has 1 aliphatic heterocycles. The second kappa shape index (κ2) is 7.40. The van der Waals surface area contributed by atoms with Crippen molar-refractivity contribution in [2.45, 2.75) is 50.3 Å². The van der Waals surface area contributed by atoms with Gasteiger partial charge < -0.3 is 14.2 Å². The average Bonchev–Trinajstić information content (AvgIpc) is 2.66. The first-order valence-corrected chi connectivity index (χ1v) is 8.91. The number of hydrogen-bond donors (Lipinski definition) is 0. The number of halogens is 3. The molecule has 1 saturated carbocycles. The van der Waals surface area contributed by atoms with Crippen molar-refractivity contribution in [3.8, 4) is 11.5 Å². The van der Waals surface area contributed by atoms with E-state index in [2.05, 4.69) is 4.99 Å². The van der Waals surface area contributed by atoms with Crippen molar-refractivity contribution in [3.05, 3.63) is 23.3 Å².